The number of methoxy groups -OCH3 is 2. The molecule has 0 radical (unpaired) electrons. The average Bonchev–Trinajstić information content (AvgIpc) is 3.13. The number of carbonyl (C=O) groups is 1. The van der Waals surface area contributed by atoms with E-state index in [2.05, 4.69) is 0 Å². The van der Waals surface area contributed by atoms with Crippen molar-refractivity contribution in [3.05, 3.63) is 59.0 Å². The summed E-state index contributed by atoms with van der Waals surface area (Å²) in [6.45, 7) is 1.89. The largest absolute Gasteiger partial charge is 0.497 e. The van der Waals surface area contributed by atoms with E-state index in [0.717, 1.165) is 27.8 Å². The zero-order valence-corrected chi connectivity index (χ0v) is 15.1. The second-order valence-corrected chi connectivity index (χ2v) is 6.29. The lowest BCUT2D eigenvalue weighted by Gasteiger charge is -2.07. The van der Waals surface area contributed by atoms with Crippen molar-refractivity contribution in [2.75, 3.05) is 14.2 Å². The predicted molar refractivity (Wildman–Crippen MR) is 100 cm³/mol. The summed E-state index contributed by atoms with van der Waals surface area (Å²) in [7, 11) is 5.21. The Balaban J connectivity index is 1.82. The number of ketones is 1. The molecule has 0 saturated carbocycles. The molecule has 5 nitrogen and oxygen atoms in total. The third-order valence-electron chi connectivity index (χ3n) is 4.77. The quantitative estimate of drug-likeness (QED) is 0.668. The van der Waals surface area contributed by atoms with Crippen LogP contribution in [-0.2, 0) is 7.05 Å². The van der Waals surface area contributed by atoms with Crippen molar-refractivity contribution in [2.45, 2.75) is 6.92 Å². The van der Waals surface area contributed by atoms with Crippen LogP contribution in [0.3, 0.4) is 0 Å². The summed E-state index contributed by atoms with van der Waals surface area (Å²) < 4.78 is 18.6. The van der Waals surface area contributed by atoms with Gasteiger partial charge in [-0.05, 0) is 43.3 Å². The van der Waals surface area contributed by atoms with Crippen LogP contribution in [0.25, 0.3) is 17.0 Å². The van der Waals surface area contributed by atoms with E-state index in [1.165, 1.54) is 0 Å². The number of aromatic nitrogens is 1. The summed E-state index contributed by atoms with van der Waals surface area (Å²) in [4.78, 5) is 12.8. The molecule has 3 aromatic rings. The first-order valence-electron chi connectivity index (χ1n) is 8.28. The minimum Gasteiger partial charge on any atom is -0.497 e. The van der Waals surface area contributed by atoms with E-state index in [1.54, 1.807) is 32.4 Å². The number of rotatable bonds is 3. The summed E-state index contributed by atoms with van der Waals surface area (Å²) >= 11 is 0. The Morgan fingerprint density at radius 1 is 1.12 bits per heavy atom. The standard InChI is InChI=1S/C21H19NO4/c1-12-18(25-4)8-6-15-20(23)19(26-21(12)15)9-13-11-22(2)17-7-5-14(24-3)10-16(13)17/h5-11H,1-4H3/b19-9+. The number of ether oxygens (including phenoxy) is 3. The van der Waals surface area contributed by atoms with E-state index in [1.807, 2.05) is 42.9 Å². The average molecular weight is 349 g/mol. The Kier molecular flexibility index (Phi) is 3.72. The van der Waals surface area contributed by atoms with Crippen molar-refractivity contribution in [1.29, 1.82) is 0 Å². The van der Waals surface area contributed by atoms with Gasteiger partial charge in [0, 0.05) is 35.3 Å². The normalized spacial score (nSPS) is 14.6. The molecule has 0 fully saturated rings. The van der Waals surface area contributed by atoms with E-state index < -0.39 is 0 Å². The molecule has 5 heteroatoms. The summed E-state index contributed by atoms with van der Waals surface area (Å²) in [5.74, 6) is 2.23. The van der Waals surface area contributed by atoms with Gasteiger partial charge >= 0.3 is 0 Å². The summed E-state index contributed by atoms with van der Waals surface area (Å²) in [5.41, 5.74) is 3.34. The molecule has 0 unspecified atom stereocenters. The first-order valence-corrected chi connectivity index (χ1v) is 8.28. The lowest BCUT2D eigenvalue weighted by Crippen LogP contribution is -1.97. The Morgan fingerprint density at radius 2 is 1.92 bits per heavy atom. The molecule has 0 amide bonds. The number of carbonyl (C=O) groups excluding carboxylic acids is 1. The smallest absolute Gasteiger partial charge is 0.231 e. The van der Waals surface area contributed by atoms with Crippen molar-refractivity contribution in [3.63, 3.8) is 0 Å². The van der Waals surface area contributed by atoms with E-state index in [4.69, 9.17) is 14.2 Å². The van der Waals surface area contributed by atoms with Gasteiger partial charge in [-0.3, -0.25) is 4.79 Å². The monoisotopic (exact) mass is 349 g/mol. The van der Waals surface area contributed by atoms with Crippen LogP contribution in [-0.4, -0.2) is 24.6 Å². The number of fused-ring (bicyclic) bond motifs is 2. The third kappa shape index (κ3) is 2.36. The first kappa shape index (κ1) is 16.3. The molecular formula is C21H19NO4. The number of aryl methyl sites for hydroxylation is 1. The summed E-state index contributed by atoms with van der Waals surface area (Å²) in [6.07, 6.45) is 3.76. The highest BCUT2D eigenvalue weighted by Crippen LogP contribution is 2.39. The number of benzene rings is 2. The number of hydrogen-bond acceptors (Lipinski definition) is 4. The van der Waals surface area contributed by atoms with Crippen molar-refractivity contribution >= 4 is 22.8 Å². The molecular weight excluding hydrogens is 330 g/mol. The molecule has 0 saturated heterocycles. The van der Waals surface area contributed by atoms with Gasteiger partial charge in [0.05, 0.1) is 19.8 Å². The van der Waals surface area contributed by atoms with E-state index in [-0.39, 0.29) is 5.78 Å². The second-order valence-electron chi connectivity index (χ2n) is 6.29. The second kappa shape index (κ2) is 5.95. The van der Waals surface area contributed by atoms with Gasteiger partial charge in [0.25, 0.3) is 0 Å². The van der Waals surface area contributed by atoms with Gasteiger partial charge < -0.3 is 18.8 Å². The van der Waals surface area contributed by atoms with Crippen molar-refractivity contribution in [3.8, 4) is 17.2 Å². The van der Waals surface area contributed by atoms with Crippen molar-refractivity contribution < 1.29 is 19.0 Å². The van der Waals surface area contributed by atoms with Crippen LogP contribution in [0.1, 0.15) is 21.5 Å². The fourth-order valence-corrected chi connectivity index (χ4v) is 3.37. The Bertz CT molecular complexity index is 1080. The van der Waals surface area contributed by atoms with Crippen LogP contribution in [0.4, 0.5) is 0 Å². The number of allylic oxidation sites excluding steroid dienone is 1. The minimum absolute atomic E-state index is 0.120. The maximum Gasteiger partial charge on any atom is 0.231 e. The molecule has 1 aliphatic heterocycles. The van der Waals surface area contributed by atoms with E-state index >= 15 is 0 Å². The molecule has 0 spiro atoms. The highest BCUT2D eigenvalue weighted by molar-refractivity contribution is 6.15. The molecule has 0 bridgehead atoms. The van der Waals surface area contributed by atoms with E-state index in [9.17, 15) is 4.79 Å². The number of Topliss-reactive ketones (excluding diaryl/α,β-unsaturated/α-hetero) is 1. The van der Waals surface area contributed by atoms with Gasteiger partial charge in [-0.1, -0.05) is 0 Å². The fourth-order valence-electron chi connectivity index (χ4n) is 3.37. The molecule has 0 N–H and O–H groups in total. The highest BCUT2D eigenvalue weighted by Gasteiger charge is 2.30. The lowest BCUT2D eigenvalue weighted by molar-refractivity contribution is 0.101. The van der Waals surface area contributed by atoms with Crippen LogP contribution in [0.5, 0.6) is 17.2 Å². The maximum atomic E-state index is 12.8. The van der Waals surface area contributed by atoms with Crippen LogP contribution in [0.15, 0.2) is 42.3 Å². The minimum atomic E-state index is -0.120. The Hall–Kier alpha value is -3.21. The van der Waals surface area contributed by atoms with Gasteiger partial charge in [0.1, 0.15) is 17.2 Å². The first-order chi connectivity index (χ1) is 12.5. The lowest BCUT2D eigenvalue weighted by atomic mass is 10.1. The third-order valence-corrected chi connectivity index (χ3v) is 4.77. The molecule has 132 valence electrons. The molecule has 26 heavy (non-hydrogen) atoms. The number of nitrogens with zero attached hydrogens (tertiary/aromatic N) is 1. The van der Waals surface area contributed by atoms with Gasteiger partial charge in [-0.25, -0.2) is 0 Å². The molecule has 0 atom stereocenters. The Morgan fingerprint density at radius 3 is 2.65 bits per heavy atom. The van der Waals surface area contributed by atoms with Crippen molar-refractivity contribution in [1.82, 2.24) is 4.57 Å². The van der Waals surface area contributed by atoms with Crippen LogP contribution < -0.4 is 14.2 Å². The maximum absolute atomic E-state index is 12.8. The molecule has 4 rings (SSSR count). The van der Waals surface area contributed by atoms with Crippen LogP contribution >= 0.6 is 0 Å². The molecule has 0 aliphatic carbocycles. The summed E-state index contributed by atoms with van der Waals surface area (Å²) in [5, 5.41) is 1.00. The van der Waals surface area contributed by atoms with Crippen molar-refractivity contribution in [2.24, 2.45) is 7.05 Å². The fraction of sp³-hybridized carbons (Fsp3) is 0.190. The highest BCUT2D eigenvalue weighted by atomic mass is 16.5. The SMILES string of the molecule is COc1ccc2c(c1)c(/C=C1/Oc3c(ccc(OC)c3C)C1=O)cn2C. The number of hydrogen-bond donors (Lipinski definition) is 0. The van der Waals surface area contributed by atoms with Gasteiger partial charge in [-0.15, -0.1) is 0 Å². The molecule has 1 aromatic heterocycles. The van der Waals surface area contributed by atoms with Crippen LogP contribution in [0.2, 0.25) is 0 Å². The molecule has 2 aromatic carbocycles. The van der Waals surface area contributed by atoms with Crippen LogP contribution in [0, 0.1) is 6.92 Å². The Labute approximate surface area is 151 Å². The zero-order chi connectivity index (χ0) is 18.4. The predicted octanol–water partition coefficient (Wildman–Crippen LogP) is 4.12. The van der Waals surface area contributed by atoms with Gasteiger partial charge in [0.2, 0.25) is 5.78 Å². The topological polar surface area (TPSA) is 49.7 Å². The zero-order valence-electron chi connectivity index (χ0n) is 15.1. The van der Waals surface area contributed by atoms with Gasteiger partial charge in [-0.2, -0.15) is 0 Å². The summed E-state index contributed by atoms with van der Waals surface area (Å²) in [6, 6.07) is 9.42. The van der Waals surface area contributed by atoms with E-state index in [0.29, 0.717) is 22.8 Å². The molecule has 1 aliphatic rings. The molecule has 2 heterocycles. The van der Waals surface area contributed by atoms with Gasteiger partial charge in [0.15, 0.2) is 5.76 Å².